The average molecular weight is 339 g/mol. The van der Waals surface area contributed by atoms with Gasteiger partial charge in [0, 0.05) is 25.1 Å². The normalized spacial score (nSPS) is 23.5. The SMILES string of the molecule is CC(=O)SCC(C)C(=O)N1CC(C2CCCCC2)=CC1C(=O)O. The van der Waals surface area contributed by atoms with E-state index in [2.05, 4.69) is 0 Å². The summed E-state index contributed by atoms with van der Waals surface area (Å²) in [4.78, 5) is 36.7. The van der Waals surface area contributed by atoms with Crippen LogP contribution >= 0.6 is 11.8 Å². The van der Waals surface area contributed by atoms with Gasteiger partial charge in [-0.25, -0.2) is 4.79 Å². The maximum atomic E-state index is 12.6. The van der Waals surface area contributed by atoms with Crippen LogP contribution in [0.2, 0.25) is 0 Å². The van der Waals surface area contributed by atoms with Gasteiger partial charge in [0.2, 0.25) is 5.91 Å². The largest absolute Gasteiger partial charge is 0.479 e. The number of amides is 1. The first-order valence-corrected chi connectivity index (χ1v) is 9.26. The minimum absolute atomic E-state index is 0.0260. The Hall–Kier alpha value is -1.30. The van der Waals surface area contributed by atoms with E-state index in [-0.39, 0.29) is 16.9 Å². The molecule has 0 saturated heterocycles. The van der Waals surface area contributed by atoms with Gasteiger partial charge in [0.05, 0.1) is 0 Å². The molecule has 23 heavy (non-hydrogen) atoms. The molecule has 1 saturated carbocycles. The number of carboxylic acid groups (broad SMARTS) is 1. The summed E-state index contributed by atoms with van der Waals surface area (Å²) in [6.07, 6.45) is 7.57. The van der Waals surface area contributed by atoms with Gasteiger partial charge < -0.3 is 10.0 Å². The fourth-order valence-corrected chi connectivity index (χ4v) is 4.02. The van der Waals surface area contributed by atoms with Gasteiger partial charge in [-0.2, -0.15) is 0 Å². The molecule has 1 fully saturated rings. The first kappa shape index (κ1) is 18.0. The number of nitrogens with zero attached hydrogens (tertiary/aromatic N) is 1. The van der Waals surface area contributed by atoms with Gasteiger partial charge in [-0.3, -0.25) is 9.59 Å². The minimum atomic E-state index is -0.976. The van der Waals surface area contributed by atoms with E-state index in [1.807, 2.05) is 0 Å². The molecule has 6 heteroatoms. The van der Waals surface area contributed by atoms with Crippen LogP contribution in [0.15, 0.2) is 11.6 Å². The van der Waals surface area contributed by atoms with Gasteiger partial charge in [0.1, 0.15) is 6.04 Å². The summed E-state index contributed by atoms with van der Waals surface area (Å²) < 4.78 is 0. The Labute approximate surface area is 141 Å². The van der Waals surface area contributed by atoms with E-state index < -0.39 is 12.0 Å². The van der Waals surface area contributed by atoms with Crippen LogP contribution in [0.4, 0.5) is 0 Å². The van der Waals surface area contributed by atoms with Gasteiger partial charge >= 0.3 is 5.97 Å². The van der Waals surface area contributed by atoms with Crippen LogP contribution in [-0.2, 0) is 14.4 Å². The topological polar surface area (TPSA) is 74.7 Å². The van der Waals surface area contributed by atoms with Gasteiger partial charge in [-0.15, -0.1) is 0 Å². The zero-order valence-electron chi connectivity index (χ0n) is 13.8. The second-order valence-electron chi connectivity index (χ2n) is 6.53. The lowest BCUT2D eigenvalue weighted by molar-refractivity contribution is -0.148. The Morgan fingerprint density at radius 1 is 1.30 bits per heavy atom. The fraction of sp³-hybridized carbons (Fsp3) is 0.706. The molecule has 5 nitrogen and oxygen atoms in total. The molecule has 1 N–H and O–H groups in total. The molecule has 0 aromatic heterocycles. The summed E-state index contributed by atoms with van der Waals surface area (Å²) in [7, 11) is 0. The zero-order chi connectivity index (χ0) is 17.0. The summed E-state index contributed by atoms with van der Waals surface area (Å²) in [6, 6.07) is -0.857. The van der Waals surface area contributed by atoms with Crippen LogP contribution in [0.25, 0.3) is 0 Å². The Bertz CT molecular complexity index is 511. The molecule has 1 aliphatic heterocycles. The molecule has 0 aromatic carbocycles. The Morgan fingerprint density at radius 3 is 2.52 bits per heavy atom. The maximum absolute atomic E-state index is 12.6. The molecular weight excluding hydrogens is 314 g/mol. The summed E-state index contributed by atoms with van der Waals surface area (Å²) in [5.41, 5.74) is 1.11. The molecule has 0 aromatic rings. The highest BCUT2D eigenvalue weighted by Gasteiger charge is 2.37. The van der Waals surface area contributed by atoms with Crippen molar-refractivity contribution < 1.29 is 19.5 Å². The van der Waals surface area contributed by atoms with E-state index in [1.165, 1.54) is 31.1 Å². The van der Waals surface area contributed by atoms with Crippen molar-refractivity contribution in [1.82, 2.24) is 4.90 Å². The lowest BCUT2D eigenvalue weighted by Gasteiger charge is -2.27. The molecular formula is C17H25NO4S. The second-order valence-corrected chi connectivity index (χ2v) is 7.73. The summed E-state index contributed by atoms with van der Waals surface area (Å²) in [5.74, 6) is -0.686. The van der Waals surface area contributed by atoms with Crippen LogP contribution in [0, 0.1) is 11.8 Å². The highest BCUT2D eigenvalue weighted by atomic mass is 32.2. The van der Waals surface area contributed by atoms with Gasteiger partial charge in [-0.1, -0.05) is 37.9 Å². The lowest BCUT2D eigenvalue weighted by Crippen LogP contribution is -2.44. The van der Waals surface area contributed by atoms with Crippen molar-refractivity contribution in [2.45, 2.75) is 52.0 Å². The molecule has 2 unspecified atom stereocenters. The van der Waals surface area contributed by atoms with Crippen molar-refractivity contribution in [3.8, 4) is 0 Å². The third-order valence-corrected chi connectivity index (χ3v) is 5.76. The number of carboxylic acids is 1. The number of hydrogen-bond donors (Lipinski definition) is 1. The Morgan fingerprint density at radius 2 is 1.96 bits per heavy atom. The standard InChI is InChI=1S/C17H25NO4S/c1-11(10-23-12(2)19)16(20)18-9-14(8-15(18)17(21)22)13-6-4-3-5-7-13/h8,11,13,15H,3-7,9-10H2,1-2H3,(H,21,22). The van der Waals surface area contributed by atoms with Crippen molar-refractivity contribution in [1.29, 1.82) is 0 Å². The number of thioether (sulfide) groups is 1. The molecule has 1 heterocycles. The van der Waals surface area contributed by atoms with E-state index in [9.17, 15) is 19.5 Å². The van der Waals surface area contributed by atoms with Crippen molar-refractivity contribution >= 4 is 28.8 Å². The fourth-order valence-electron chi connectivity index (χ4n) is 3.40. The van der Waals surface area contributed by atoms with Crippen LogP contribution in [0.3, 0.4) is 0 Å². The molecule has 2 aliphatic rings. The molecule has 1 aliphatic carbocycles. The third-order valence-electron chi connectivity index (χ3n) is 4.68. The molecule has 0 spiro atoms. The highest BCUT2D eigenvalue weighted by molar-refractivity contribution is 8.13. The molecule has 0 bridgehead atoms. The van der Waals surface area contributed by atoms with Crippen molar-refractivity contribution in [3.05, 3.63) is 11.6 Å². The van der Waals surface area contributed by atoms with Gasteiger partial charge in [0.15, 0.2) is 5.12 Å². The van der Waals surface area contributed by atoms with E-state index >= 15 is 0 Å². The number of aliphatic carboxylic acids is 1. The van der Waals surface area contributed by atoms with Crippen molar-refractivity contribution in [2.75, 3.05) is 12.3 Å². The van der Waals surface area contributed by atoms with Gasteiger partial charge in [-0.05, 0) is 30.4 Å². The first-order chi connectivity index (χ1) is 10.9. The minimum Gasteiger partial charge on any atom is -0.479 e. The van der Waals surface area contributed by atoms with Crippen molar-refractivity contribution in [2.24, 2.45) is 11.8 Å². The smallest absolute Gasteiger partial charge is 0.330 e. The van der Waals surface area contributed by atoms with Crippen LogP contribution in [-0.4, -0.2) is 45.3 Å². The average Bonchev–Trinajstić information content (AvgIpc) is 2.98. The van der Waals surface area contributed by atoms with Crippen molar-refractivity contribution in [3.63, 3.8) is 0 Å². The van der Waals surface area contributed by atoms with Crippen LogP contribution in [0.5, 0.6) is 0 Å². The number of hydrogen-bond acceptors (Lipinski definition) is 4. The third kappa shape index (κ3) is 4.59. The monoisotopic (exact) mass is 339 g/mol. The predicted octanol–water partition coefficient (Wildman–Crippen LogP) is 2.70. The Balaban J connectivity index is 2.04. The number of carbonyl (C=O) groups excluding carboxylic acids is 2. The van der Waals surface area contributed by atoms with E-state index in [1.54, 1.807) is 13.0 Å². The zero-order valence-corrected chi connectivity index (χ0v) is 14.6. The van der Waals surface area contributed by atoms with E-state index in [0.29, 0.717) is 18.2 Å². The summed E-state index contributed by atoms with van der Waals surface area (Å²) in [5, 5.41) is 9.42. The van der Waals surface area contributed by atoms with Gasteiger partial charge in [0.25, 0.3) is 0 Å². The molecule has 2 rings (SSSR count). The summed E-state index contributed by atoms with van der Waals surface area (Å²) >= 11 is 1.11. The molecule has 2 atom stereocenters. The predicted molar refractivity (Wildman–Crippen MR) is 90.1 cm³/mol. The molecule has 0 radical (unpaired) electrons. The number of carbonyl (C=O) groups is 3. The Kier molecular flexibility index (Phi) is 6.27. The van der Waals surface area contributed by atoms with Crippen LogP contribution in [0.1, 0.15) is 46.0 Å². The first-order valence-electron chi connectivity index (χ1n) is 8.27. The second kappa shape index (κ2) is 7.99. The quantitative estimate of drug-likeness (QED) is 0.780. The summed E-state index contributed by atoms with van der Waals surface area (Å²) in [6.45, 7) is 3.66. The highest BCUT2D eigenvalue weighted by Crippen LogP contribution is 2.34. The van der Waals surface area contributed by atoms with Crippen LogP contribution < -0.4 is 0 Å². The number of rotatable bonds is 5. The molecule has 128 valence electrons. The lowest BCUT2D eigenvalue weighted by atomic mass is 9.84. The molecule has 1 amide bonds. The van der Waals surface area contributed by atoms with E-state index in [4.69, 9.17) is 0 Å². The van der Waals surface area contributed by atoms with E-state index in [0.717, 1.165) is 30.2 Å². The maximum Gasteiger partial charge on any atom is 0.330 e.